The van der Waals surface area contributed by atoms with E-state index in [1.54, 1.807) is 48.5 Å². The van der Waals surface area contributed by atoms with Crippen molar-refractivity contribution in [2.45, 2.75) is 50.2 Å². The number of nitrogens with one attached hydrogen (secondary N) is 3. The third kappa shape index (κ3) is 8.75. The summed E-state index contributed by atoms with van der Waals surface area (Å²) in [4.78, 5) is 16.7. The molecule has 0 saturated carbocycles. The second kappa shape index (κ2) is 13.3. The Morgan fingerprint density at radius 3 is 2.55 bits per heavy atom. The van der Waals surface area contributed by atoms with E-state index in [1.165, 1.54) is 11.3 Å². The molecular formula is C30H35N5O5S2. The van der Waals surface area contributed by atoms with Crippen LogP contribution in [0, 0.1) is 5.41 Å². The summed E-state index contributed by atoms with van der Waals surface area (Å²) in [6.45, 7) is 6.23. The number of nitrogens with zero attached hydrogens (tertiary/aromatic N) is 1. The fraction of sp³-hybridized carbons (Fsp3) is 0.300. The molecular weight excluding hydrogens is 574 g/mol. The molecule has 1 unspecified atom stereocenters. The second-order valence-corrected chi connectivity index (χ2v) is 13.4. The zero-order valence-electron chi connectivity index (χ0n) is 23.7. The van der Waals surface area contributed by atoms with Gasteiger partial charge in [-0.25, -0.2) is 22.9 Å². The first-order valence-corrected chi connectivity index (χ1v) is 15.7. The van der Waals surface area contributed by atoms with E-state index in [-0.39, 0.29) is 10.7 Å². The highest BCUT2D eigenvalue weighted by Gasteiger charge is 2.25. The number of amidine groups is 1. The van der Waals surface area contributed by atoms with Gasteiger partial charge in [0.05, 0.1) is 27.8 Å². The molecule has 0 spiro atoms. The van der Waals surface area contributed by atoms with Gasteiger partial charge in [-0.1, -0.05) is 36.4 Å². The van der Waals surface area contributed by atoms with Crippen molar-refractivity contribution in [1.82, 2.24) is 15.0 Å². The topological polar surface area (TPSA) is 156 Å². The van der Waals surface area contributed by atoms with Crippen LogP contribution < -0.4 is 20.5 Å². The third-order valence-corrected chi connectivity index (χ3v) is 8.58. The lowest BCUT2D eigenvalue weighted by molar-refractivity contribution is 0.0525. The Bertz CT molecular complexity index is 1650. The molecule has 0 aliphatic rings. The third-order valence-electron chi connectivity index (χ3n) is 5.96. The highest BCUT2D eigenvalue weighted by molar-refractivity contribution is 7.89. The van der Waals surface area contributed by atoms with Crippen LogP contribution in [0.1, 0.15) is 49.4 Å². The molecule has 10 nitrogen and oxygen atoms in total. The van der Waals surface area contributed by atoms with E-state index in [9.17, 15) is 13.2 Å². The van der Waals surface area contributed by atoms with Gasteiger partial charge in [0.25, 0.3) is 0 Å². The molecule has 0 saturated heterocycles. The largest absolute Gasteiger partial charge is 0.493 e. The Labute approximate surface area is 249 Å². The lowest BCUT2D eigenvalue weighted by Gasteiger charge is -2.19. The summed E-state index contributed by atoms with van der Waals surface area (Å²) in [6.07, 6.45) is 0.432. The van der Waals surface area contributed by atoms with Crippen LogP contribution in [0.3, 0.4) is 0 Å². The number of nitrogen functional groups attached to an aromatic ring is 1. The van der Waals surface area contributed by atoms with E-state index in [2.05, 4.69) is 10.0 Å². The van der Waals surface area contributed by atoms with E-state index < -0.39 is 27.8 Å². The summed E-state index contributed by atoms with van der Waals surface area (Å²) in [6, 6.07) is 20.2. The Morgan fingerprint density at radius 1 is 1.07 bits per heavy atom. The summed E-state index contributed by atoms with van der Waals surface area (Å²) >= 11 is 1.38. The molecule has 42 heavy (non-hydrogen) atoms. The average molecular weight is 610 g/mol. The van der Waals surface area contributed by atoms with Gasteiger partial charge >= 0.3 is 6.09 Å². The number of alkyl carbamates (subject to hydrolysis) is 1. The number of benzene rings is 3. The van der Waals surface area contributed by atoms with Crippen LogP contribution in [0.2, 0.25) is 0 Å². The number of thiazole rings is 1. The number of fused-ring (bicyclic) bond motifs is 1. The smallest absolute Gasteiger partial charge is 0.407 e. The van der Waals surface area contributed by atoms with Gasteiger partial charge in [0.2, 0.25) is 10.0 Å². The Morgan fingerprint density at radius 2 is 1.83 bits per heavy atom. The molecule has 1 amide bonds. The van der Waals surface area contributed by atoms with Crippen molar-refractivity contribution in [3.63, 3.8) is 0 Å². The number of carbonyl (C=O) groups excluding carboxylic acids is 1. The monoisotopic (exact) mass is 609 g/mol. The molecule has 4 aromatic rings. The van der Waals surface area contributed by atoms with Crippen LogP contribution in [0.25, 0.3) is 10.2 Å². The van der Waals surface area contributed by atoms with E-state index >= 15 is 0 Å². The van der Waals surface area contributed by atoms with E-state index in [0.717, 1.165) is 15.8 Å². The number of aromatic nitrogens is 1. The van der Waals surface area contributed by atoms with Crippen LogP contribution in [-0.2, 0) is 21.2 Å². The minimum Gasteiger partial charge on any atom is -0.493 e. The SMILES string of the molecule is CC(C)(C)OC(=O)NCCCOc1ccc2nc(C(Cc3cccc(C(=N)N)c3)NS(=O)(=O)c3ccccc3)sc2c1. The zero-order chi connectivity index (χ0) is 30.3. The average Bonchev–Trinajstić information content (AvgIpc) is 3.36. The second-order valence-electron chi connectivity index (χ2n) is 10.6. The Kier molecular flexibility index (Phi) is 9.81. The van der Waals surface area contributed by atoms with Crippen molar-refractivity contribution < 1.29 is 22.7 Å². The maximum absolute atomic E-state index is 13.3. The van der Waals surface area contributed by atoms with Gasteiger partial charge < -0.3 is 20.5 Å². The van der Waals surface area contributed by atoms with E-state index in [4.69, 9.17) is 25.6 Å². The quantitative estimate of drug-likeness (QED) is 0.0985. The van der Waals surface area contributed by atoms with Crippen molar-refractivity contribution >= 4 is 43.5 Å². The summed E-state index contributed by atoms with van der Waals surface area (Å²) in [7, 11) is -3.85. The molecule has 0 aliphatic heterocycles. The maximum Gasteiger partial charge on any atom is 0.407 e. The Balaban J connectivity index is 1.50. The highest BCUT2D eigenvalue weighted by Crippen LogP contribution is 2.32. The fourth-order valence-corrected chi connectivity index (χ4v) is 6.41. The predicted octanol–water partition coefficient (Wildman–Crippen LogP) is 5.14. The van der Waals surface area contributed by atoms with Crippen LogP contribution in [0.15, 0.2) is 77.7 Å². The van der Waals surface area contributed by atoms with Crippen molar-refractivity contribution in [1.29, 1.82) is 5.41 Å². The molecule has 0 fully saturated rings. The van der Waals surface area contributed by atoms with Crippen LogP contribution in [0.5, 0.6) is 5.75 Å². The lowest BCUT2D eigenvalue weighted by Crippen LogP contribution is -2.33. The number of sulfonamides is 1. The standard InChI is InChI=1S/C30H35N5O5S2/c1-30(2,3)40-29(36)33-15-8-16-39-22-13-14-24-26(19-22)41-28(34-24)25(18-20-9-7-10-21(17-20)27(31)32)35-42(37,38)23-11-5-4-6-12-23/h4-7,9-14,17,19,25,35H,8,15-16,18H2,1-3H3,(H3,31,32)(H,33,36). The minimum atomic E-state index is -3.85. The molecule has 5 N–H and O–H groups in total. The van der Waals surface area contributed by atoms with Gasteiger partial charge in [0.1, 0.15) is 22.2 Å². The maximum atomic E-state index is 13.3. The number of ether oxygens (including phenoxy) is 2. The number of hydrogen-bond acceptors (Lipinski definition) is 8. The molecule has 1 aromatic heterocycles. The molecule has 0 radical (unpaired) electrons. The van der Waals surface area contributed by atoms with Crippen LogP contribution >= 0.6 is 11.3 Å². The molecule has 4 rings (SSSR count). The van der Waals surface area contributed by atoms with Crippen molar-refractivity contribution in [3.05, 3.63) is 88.9 Å². The summed E-state index contributed by atoms with van der Waals surface area (Å²) in [5, 5.41) is 11.1. The van der Waals surface area contributed by atoms with Crippen molar-refractivity contribution in [2.75, 3.05) is 13.2 Å². The molecule has 12 heteroatoms. The van der Waals surface area contributed by atoms with Gasteiger partial charge in [0.15, 0.2) is 0 Å². The predicted molar refractivity (Wildman–Crippen MR) is 165 cm³/mol. The summed E-state index contributed by atoms with van der Waals surface area (Å²) in [5.74, 6) is 0.581. The zero-order valence-corrected chi connectivity index (χ0v) is 25.3. The summed E-state index contributed by atoms with van der Waals surface area (Å²) in [5.41, 5.74) is 7.22. The van der Waals surface area contributed by atoms with Crippen LogP contribution in [0.4, 0.5) is 4.79 Å². The number of carbonyl (C=O) groups is 1. The van der Waals surface area contributed by atoms with Gasteiger partial charge in [-0.2, -0.15) is 0 Å². The van der Waals surface area contributed by atoms with Crippen molar-refractivity contribution in [3.8, 4) is 5.75 Å². The molecule has 1 atom stereocenters. The lowest BCUT2D eigenvalue weighted by atomic mass is 10.0. The van der Waals surface area contributed by atoms with Gasteiger partial charge in [0, 0.05) is 12.1 Å². The number of amides is 1. The minimum absolute atomic E-state index is 0.0635. The van der Waals surface area contributed by atoms with Crippen molar-refractivity contribution in [2.24, 2.45) is 5.73 Å². The molecule has 0 bridgehead atoms. The van der Waals surface area contributed by atoms with Crippen LogP contribution in [-0.4, -0.2) is 44.1 Å². The highest BCUT2D eigenvalue weighted by atomic mass is 32.2. The number of nitrogens with two attached hydrogens (primary N) is 1. The number of hydrogen-bond donors (Lipinski definition) is 4. The number of rotatable bonds is 12. The first-order chi connectivity index (χ1) is 19.9. The van der Waals surface area contributed by atoms with E-state index in [1.807, 2.05) is 45.0 Å². The Hall–Kier alpha value is -4.00. The van der Waals surface area contributed by atoms with E-state index in [0.29, 0.717) is 42.3 Å². The summed E-state index contributed by atoms with van der Waals surface area (Å²) < 4.78 is 41.4. The molecule has 1 heterocycles. The first-order valence-electron chi connectivity index (χ1n) is 13.4. The van der Waals surface area contributed by atoms with Gasteiger partial charge in [-0.15, -0.1) is 11.3 Å². The first kappa shape index (κ1) is 30.9. The fourth-order valence-electron chi connectivity index (χ4n) is 4.06. The van der Waals surface area contributed by atoms with Gasteiger partial charge in [-0.3, -0.25) is 5.41 Å². The molecule has 222 valence electrons. The normalized spacial score (nSPS) is 12.5. The molecule has 3 aromatic carbocycles. The van der Waals surface area contributed by atoms with Gasteiger partial charge in [-0.05, 0) is 75.6 Å². The molecule has 0 aliphatic carbocycles.